The first-order chi connectivity index (χ1) is 17.8. The Bertz CT molecular complexity index is 1570. The average Bonchev–Trinajstić information content (AvgIpc) is 3.60. The lowest BCUT2D eigenvalue weighted by atomic mass is 9.89. The molecule has 1 aliphatic heterocycles. The van der Waals surface area contributed by atoms with Crippen molar-refractivity contribution in [2.75, 3.05) is 11.6 Å². The molecule has 1 spiro atoms. The molecule has 0 aromatic carbocycles. The van der Waals surface area contributed by atoms with Gasteiger partial charge in [-0.2, -0.15) is 0 Å². The highest BCUT2D eigenvalue weighted by Gasteiger charge is 2.56. The van der Waals surface area contributed by atoms with Crippen molar-refractivity contribution in [2.24, 2.45) is 5.73 Å². The topological polar surface area (TPSA) is 146 Å². The van der Waals surface area contributed by atoms with E-state index in [1.807, 2.05) is 26.8 Å². The molecular formula is C27H31N5O5S. The van der Waals surface area contributed by atoms with Gasteiger partial charge in [0.05, 0.1) is 27.3 Å². The second kappa shape index (κ2) is 8.34. The van der Waals surface area contributed by atoms with E-state index < -0.39 is 15.4 Å². The first-order valence-electron chi connectivity index (χ1n) is 12.8. The zero-order valence-corrected chi connectivity index (χ0v) is 22.6. The van der Waals surface area contributed by atoms with E-state index in [9.17, 15) is 13.2 Å². The van der Waals surface area contributed by atoms with Crippen molar-refractivity contribution < 1.29 is 22.7 Å². The Kier molecular flexibility index (Phi) is 5.49. The van der Waals surface area contributed by atoms with Crippen molar-refractivity contribution in [2.45, 2.75) is 74.9 Å². The van der Waals surface area contributed by atoms with Crippen LogP contribution in [0.2, 0.25) is 0 Å². The van der Waals surface area contributed by atoms with Gasteiger partial charge in [0.15, 0.2) is 9.84 Å². The minimum absolute atomic E-state index is 0.201. The Morgan fingerprint density at radius 2 is 1.87 bits per heavy atom. The number of hydrogen-bond donors (Lipinski definition) is 2. The molecule has 3 aliphatic rings. The van der Waals surface area contributed by atoms with Gasteiger partial charge in [-0.05, 0) is 62.8 Å². The summed E-state index contributed by atoms with van der Waals surface area (Å²) >= 11 is 0. The summed E-state index contributed by atoms with van der Waals surface area (Å²) in [6.45, 7) is 5.73. The van der Waals surface area contributed by atoms with Crippen LogP contribution in [0.3, 0.4) is 0 Å². The number of carbonyl (C=O) groups is 1. The van der Waals surface area contributed by atoms with E-state index in [1.165, 1.54) is 6.26 Å². The monoisotopic (exact) mass is 537 g/mol. The Hall–Kier alpha value is -3.31. The maximum Gasteiger partial charge on any atom is 0.340 e. The van der Waals surface area contributed by atoms with Gasteiger partial charge in [-0.1, -0.05) is 0 Å². The molecule has 0 saturated heterocycles. The van der Waals surface area contributed by atoms with Gasteiger partial charge in [-0.25, -0.2) is 28.2 Å². The number of nitrogens with zero attached hydrogens (tertiary/aromatic N) is 3. The van der Waals surface area contributed by atoms with Crippen LogP contribution in [0.25, 0.3) is 10.8 Å². The van der Waals surface area contributed by atoms with Gasteiger partial charge in [0.2, 0.25) is 5.88 Å². The highest BCUT2D eigenvalue weighted by Crippen LogP contribution is 2.54. The fourth-order valence-corrected chi connectivity index (χ4v) is 6.55. The number of sulfone groups is 1. The van der Waals surface area contributed by atoms with E-state index in [4.69, 9.17) is 20.2 Å². The average molecular weight is 538 g/mol. The molecule has 38 heavy (non-hydrogen) atoms. The van der Waals surface area contributed by atoms with Crippen LogP contribution in [0.15, 0.2) is 30.6 Å². The van der Waals surface area contributed by atoms with Crippen molar-refractivity contribution in [1.29, 1.82) is 0 Å². The highest BCUT2D eigenvalue weighted by molar-refractivity contribution is 7.91. The molecule has 4 heterocycles. The molecule has 3 N–H and O–H groups in total. The standard InChI is InChI=1S/C27H31N5O5S/c1-14-27(7-8-27)23-17(25(33)36-14)5-6-21(32-23)31-22-11-18-19(12-29-22)24(30-13-20(18)26(2,3)28)37-15-9-16(10-15)38(4,34)35/h5-6,11-16H,7-10,28H2,1-4H3,(H,29,31,32)/t14-,15-,16+/m1/s1. The molecule has 10 nitrogen and oxygen atoms in total. The molecule has 0 unspecified atom stereocenters. The van der Waals surface area contributed by atoms with Crippen LogP contribution in [0.1, 0.15) is 68.1 Å². The third kappa shape index (κ3) is 4.17. The lowest BCUT2D eigenvalue weighted by molar-refractivity contribution is 0.0183. The molecule has 2 fully saturated rings. The van der Waals surface area contributed by atoms with Crippen molar-refractivity contribution in [3.8, 4) is 5.88 Å². The Balaban J connectivity index is 1.32. The molecule has 6 rings (SSSR count). The summed E-state index contributed by atoms with van der Waals surface area (Å²) < 4.78 is 35.2. The van der Waals surface area contributed by atoms with Crippen LogP contribution in [0.5, 0.6) is 5.88 Å². The fraction of sp³-hybridized carbons (Fsp3) is 0.481. The lowest BCUT2D eigenvalue weighted by Gasteiger charge is -2.34. The number of fused-ring (bicyclic) bond motifs is 3. The van der Waals surface area contributed by atoms with E-state index >= 15 is 0 Å². The zero-order valence-electron chi connectivity index (χ0n) is 21.8. The Morgan fingerprint density at radius 1 is 1.13 bits per heavy atom. The number of ether oxygens (including phenoxy) is 2. The summed E-state index contributed by atoms with van der Waals surface area (Å²) in [7, 11) is -3.08. The molecular weight excluding hydrogens is 506 g/mol. The first-order valence-corrected chi connectivity index (χ1v) is 14.7. The molecule has 3 aromatic heterocycles. The SMILES string of the molecule is C[C@H]1OC(=O)c2ccc(Nc3cc4c(C(C)(C)N)cnc(O[C@H]5C[C@@H](S(C)(=O)=O)C5)c4cn3)nc2C12CC2. The van der Waals surface area contributed by atoms with Gasteiger partial charge in [0.25, 0.3) is 0 Å². The number of nitrogens with one attached hydrogen (secondary N) is 1. The maximum atomic E-state index is 12.4. The van der Waals surface area contributed by atoms with Crippen molar-refractivity contribution >= 4 is 38.2 Å². The smallest absolute Gasteiger partial charge is 0.340 e. The molecule has 11 heteroatoms. The second-order valence-corrected chi connectivity index (χ2v) is 13.7. The molecule has 2 saturated carbocycles. The number of hydrogen-bond acceptors (Lipinski definition) is 10. The summed E-state index contributed by atoms with van der Waals surface area (Å²) in [6, 6.07) is 5.40. The predicted molar refractivity (Wildman–Crippen MR) is 142 cm³/mol. The molecule has 200 valence electrons. The summed E-state index contributed by atoms with van der Waals surface area (Å²) in [5.41, 5.74) is 7.71. The quantitative estimate of drug-likeness (QED) is 0.448. The largest absolute Gasteiger partial charge is 0.474 e. The van der Waals surface area contributed by atoms with Gasteiger partial charge in [-0.15, -0.1) is 0 Å². The summed E-state index contributed by atoms with van der Waals surface area (Å²) in [5.74, 6) is 1.21. The Morgan fingerprint density at radius 3 is 2.53 bits per heavy atom. The van der Waals surface area contributed by atoms with E-state index in [2.05, 4.69) is 15.3 Å². The van der Waals surface area contributed by atoms with Gasteiger partial charge < -0.3 is 20.5 Å². The molecule has 0 amide bonds. The number of pyridine rings is 3. The number of nitrogens with two attached hydrogens (primary N) is 1. The van der Waals surface area contributed by atoms with E-state index in [1.54, 1.807) is 24.5 Å². The van der Waals surface area contributed by atoms with Crippen LogP contribution >= 0.6 is 0 Å². The van der Waals surface area contributed by atoms with Crippen molar-refractivity contribution in [3.63, 3.8) is 0 Å². The van der Waals surface area contributed by atoms with Crippen molar-refractivity contribution in [1.82, 2.24) is 15.0 Å². The highest BCUT2D eigenvalue weighted by atomic mass is 32.2. The van der Waals surface area contributed by atoms with E-state index in [0.29, 0.717) is 41.3 Å². The van der Waals surface area contributed by atoms with Crippen LogP contribution < -0.4 is 15.8 Å². The number of esters is 1. The fourth-order valence-electron chi connectivity index (χ4n) is 5.42. The molecule has 0 bridgehead atoms. The van der Waals surface area contributed by atoms with Gasteiger partial charge in [0, 0.05) is 37.0 Å². The van der Waals surface area contributed by atoms with E-state index in [-0.39, 0.29) is 28.8 Å². The third-order valence-electron chi connectivity index (χ3n) is 8.06. The third-order valence-corrected chi connectivity index (χ3v) is 9.65. The van der Waals surface area contributed by atoms with E-state index in [0.717, 1.165) is 29.5 Å². The first kappa shape index (κ1) is 25.0. The number of cyclic esters (lactones) is 1. The van der Waals surface area contributed by atoms with Gasteiger partial charge in [0.1, 0.15) is 23.8 Å². The molecule has 0 radical (unpaired) electrons. The zero-order chi connectivity index (χ0) is 27.0. The normalized spacial score (nSPS) is 23.9. The van der Waals surface area contributed by atoms with Gasteiger partial charge >= 0.3 is 5.97 Å². The van der Waals surface area contributed by atoms with Crippen LogP contribution in [-0.4, -0.2) is 53.1 Å². The number of carbonyl (C=O) groups excluding carboxylic acids is 1. The maximum absolute atomic E-state index is 12.4. The second-order valence-electron chi connectivity index (χ2n) is 11.4. The minimum Gasteiger partial charge on any atom is -0.474 e. The summed E-state index contributed by atoms with van der Waals surface area (Å²) in [4.78, 5) is 26.3. The van der Waals surface area contributed by atoms with Crippen LogP contribution in [0.4, 0.5) is 11.6 Å². The van der Waals surface area contributed by atoms with Gasteiger partial charge in [-0.3, -0.25) is 0 Å². The number of rotatable bonds is 6. The lowest BCUT2D eigenvalue weighted by Crippen LogP contribution is -2.42. The summed E-state index contributed by atoms with van der Waals surface area (Å²) in [5, 5.41) is 4.43. The Labute approximate surface area is 221 Å². The van der Waals surface area contributed by atoms with Crippen molar-refractivity contribution in [3.05, 3.63) is 47.4 Å². The predicted octanol–water partition coefficient (Wildman–Crippen LogP) is 3.51. The molecule has 3 aromatic rings. The van der Waals surface area contributed by atoms with Crippen LogP contribution in [-0.2, 0) is 25.5 Å². The number of anilines is 2. The number of aromatic nitrogens is 3. The summed E-state index contributed by atoms with van der Waals surface area (Å²) in [6.07, 6.45) is 6.99. The molecule has 2 aliphatic carbocycles. The van der Waals surface area contributed by atoms with Crippen LogP contribution in [0, 0.1) is 0 Å². The molecule has 1 atom stereocenters. The minimum atomic E-state index is -3.08.